The number of ether oxygens (including phenoxy) is 1. The summed E-state index contributed by atoms with van der Waals surface area (Å²) in [6.45, 7) is 6.62. The van der Waals surface area contributed by atoms with Crippen molar-refractivity contribution in [1.82, 2.24) is 9.62 Å². The van der Waals surface area contributed by atoms with Gasteiger partial charge in [0.25, 0.3) is 0 Å². The minimum Gasteiger partial charge on any atom is -0.495 e. The average molecular weight is 523 g/mol. The molecule has 1 amide bonds. The van der Waals surface area contributed by atoms with Crippen LogP contribution in [0.4, 0.5) is 0 Å². The van der Waals surface area contributed by atoms with E-state index in [1.807, 2.05) is 51.1 Å². The van der Waals surface area contributed by atoms with E-state index in [4.69, 9.17) is 4.74 Å². The van der Waals surface area contributed by atoms with E-state index in [0.29, 0.717) is 31.7 Å². The molecule has 0 saturated carbocycles. The summed E-state index contributed by atoms with van der Waals surface area (Å²) in [6.07, 6.45) is 0.981. The van der Waals surface area contributed by atoms with Crippen molar-refractivity contribution in [2.24, 2.45) is 5.92 Å². The van der Waals surface area contributed by atoms with E-state index < -0.39 is 10.0 Å². The fourth-order valence-electron chi connectivity index (χ4n) is 3.92. The lowest BCUT2D eigenvalue weighted by Gasteiger charge is -2.31. The van der Waals surface area contributed by atoms with E-state index >= 15 is 0 Å². The highest BCUT2D eigenvalue weighted by molar-refractivity contribution is 9.10. The summed E-state index contributed by atoms with van der Waals surface area (Å²) in [5.74, 6) is 0.315. The number of benzene rings is 2. The van der Waals surface area contributed by atoms with E-state index in [1.165, 1.54) is 11.4 Å². The van der Waals surface area contributed by atoms with Crippen molar-refractivity contribution >= 4 is 31.9 Å². The molecular formula is C24H31BrN2O4S. The van der Waals surface area contributed by atoms with Crippen LogP contribution in [0.2, 0.25) is 0 Å². The number of carbonyl (C=O) groups excluding carboxylic acids is 1. The molecule has 1 saturated heterocycles. The Morgan fingerprint density at radius 1 is 1.06 bits per heavy atom. The maximum absolute atomic E-state index is 13.4. The first-order valence-corrected chi connectivity index (χ1v) is 13.1. The molecule has 1 aliphatic rings. The lowest BCUT2D eigenvalue weighted by Crippen LogP contribution is -2.43. The number of sulfonamides is 1. The zero-order valence-electron chi connectivity index (χ0n) is 19.0. The largest absolute Gasteiger partial charge is 0.495 e. The SMILES string of the molecule is COc1ccc(C(C)C)cc1S(=O)(=O)N1CCC(C(=O)N[C@@H](C)c2ccc(Br)cc2)CC1. The highest BCUT2D eigenvalue weighted by Gasteiger charge is 2.34. The number of halogens is 1. The molecule has 1 aliphatic heterocycles. The molecular weight excluding hydrogens is 492 g/mol. The number of piperidine rings is 1. The molecule has 8 heteroatoms. The van der Waals surface area contributed by atoms with Gasteiger partial charge >= 0.3 is 0 Å². The summed E-state index contributed by atoms with van der Waals surface area (Å²) in [5.41, 5.74) is 1.97. The van der Waals surface area contributed by atoms with Gasteiger partial charge in [-0.05, 0) is 61.1 Å². The first-order valence-electron chi connectivity index (χ1n) is 10.9. The maximum atomic E-state index is 13.4. The lowest BCUT2D eigenvalue weighted by atomic mass is 9.96. The van der Waals surface area contributed by atoms with Crippen LogP contribution in [0.3, 0.4) is 0 Å². The molecule has 2 aromatic rings. The summed E-state index contributed by atoms with van der Waals surface area (Å²) in [4.78, 5) is 13.0. The lowest BCUT2D eigenvalue weighted by molar-refractivity contribution is -0.126. The van der Waals surface area contributed by atoms with Crippen LogP contribution in [-0.2, 0) is 14.8 Å². The van der Waals surface area contributed by atoms with Crippen LogP contribution in [0.1, 0.15) is 56.7 Å². The first kappa shape index (κ1) is 24.7. The molecule has 1 atom stereocenters. The Morgan fingerprint density at radius 2 is 1.66 bits per heavy atom. The Labute approximate surface area is 199 Å². The zero-order valence-corrected chi connectivity index (χ0v) is 21.4. The van der Waals surface area contributed by atoms with Gasteiger partial charge in [-0.15, -0.1) is 0 Å². The van der Waals surface area contributed by atoms with Gasteiger partial charge in [-0.1, -0.05) is 48.0 Å². The number of rotatable bonds is 7. The van der Waals surface area contributed by atoms with Crippen LogP contribution < -0.4 is 10.1 Å². The third-order valence-corrected chi connectivity index (χ3v) is 8.47. The molecule has 3 rings (SSSR count). The number of carbonyl (C=O) groups is 1. The maximum Gasteiger partial charge on any atom is 0.246 e. The van der Waals surface area contributed by atoms with Crippen molar-refractivity contribution in [3.63, 3.8) is 0 Å². The molecule has 174 valence electrons. The van der Waals surface area contributed by atoms with E-state index in [2.05, 4.69) is 21.2 Å². The Morgan fingerprint density at radius 3 is 2.22 bits per heavy atom. The molecule has 6 nitrogen and oxygen atoms in total. The molecule has 1 fully saturated rings. The summed E-state index contributed by atoms with van der Waals surface area (Å²) >= 11 is 3.42. The minimum absolute atomic E-state index is 0.0307. The van der Waals surface area contributed by atoms with Crippen molar-refractivity contribution in [2.45, 2.75) is 50.5 Å². The number of hydrogen-bond acceptors (Lipinski definition) is 4. The van der Waals surface area contributed by atoms with Gasteiger partial charge in [-0.25, -0.2) is 8.42 Å². The van der Waals surface area contributed by atoms with E-state index in [-0.39, 0.29) is 28.7 Å². The average Bonchev–Trinajstić information content (AvgIpc) is 2.79. The Hall–Kier alpha value is -1.90. The number of nitrogens with zero attached hydrogens (tertiary/aromatic N) is 1. The van der Waals surface area contributed by atoms with Crippen molar-refractivity contribution in [2.75, 3.05) is 20.2 Å². The van der Waals surface area contributed by atoms with Crippen LogP contribution in [0.5, 0.6) is 5.75 Å². The highest BCUT2D eigenvalue weighted by Crippen LogP contribution is 2.32. The fraction of sp³-hybridized carbons (Fsp3) is 0.458. The van der Waals surface area contributed by atoms with Crippen molar-refractivity contribution in [3.05, 3.63) is 58.1 Å². The van der Waals surface area contributed by atoms with Gasteiger partial charge in [0.2, 0.25) is 15.9 Å². The van der Waals surface area contributed by atoms with Gasteiger partial charge < -0.3 is 10.1 Å². The Kier molecular flexibility index (Phi) is 8.01. The van der Waals surface area contributed by atoms with Gasteiger partial charge in [-0.2, -0.15) is 4.31 Å². The number of methoxy groups -OCH3 is 1. The number of amides is 1. The summed E-state index contributed by atoms with van der Waals surface area (Å²) in [5, 5.41) is 3.07. The second kappa shape index (κ2) is 10.4. The van der Waals surface area contributed by atoms with Gasteiger partial charge in [0.15, 0.2) is 0 Å². The monoisotopic (exact) mass is 522 g/mol. The van der Waals surface area contributed by atoms with Crippen LogP contribution in [0.15, 0.2) is 51.8 Å². The van der Waals surface area contributed by atoms with Crippen molar-refractivity contribution in [1.29, 1.82) is 0 Å². The Bertz CT molecular complexity index is 1050. The predicted molar refractivity (Wildman–Crippen MR) is 129 cm³/mol. The quantitative estimate of drug-likeness (QED) is 0.563. The first-order chi connectivity index (χ1) is 15.1. The third-order valence-electron chi connectivity index (χ3n) is 6.03. The topological polar surface area (TPSA) is 75.7 Å². The molecule has 1 heterocycles. The summed E-state index contributed by atoms with van der Waals surface area (Å²) < 4.78 is 34.5. The highest BCUT2D eigenvalue weighted by atomic mass is 79.9. The normalized spacial score (nSPS) is 16.7. The summed E-state index contributed by atoms with van der Waals surface area (Å²) in [7, 11) is -2.23. The second-order valence-electron chi connectivity index (χ2n) is 8.53. The standard InChI is InChI=1S/C24H31BrN2O4S/c1-16(2)20-7-10-22(31-4)23(15-20)32(29,30)27-13-11-19(12-14-27)24(28)26-17(3)18-5-8-21(25)9-6-18/h5-10,15-17,19H,11-14H2,1-4H3,(H,26,28)/t17-/m0/s1. The molecule has 2 aromatic carbocycles. The molecule has 0 aliphatic carbocycles. The summed E-state index contributed by atoms with van der Waals surface area (Å²) in [6, 6.07) is 13.1. The van der Waals surface area contributed by atoms with Gasteiger partial charge in [0, 0.05) is 23.5 Å². The van der Waals surface area contributed by atoms with Gasteiger partial charge in [0.05, 0.1) is 13.2 Å². The number of hydrogen-bond donors (Lipinski definition) is 1. The molecule has 0 spiro atoms. The van der Waals surface area contributed by atoms with Crippen molar-refractivity contribution < 1.29 is 17.9 Å². The molecule has 0 aromatic heterocycles. The molecule has 1 N–H and O–H groups in total. The molecule has 0 radical (unpaired) electrons. The van der Waals surface area contributed by atoms with Crippen LogP contribution in [-0.4, -0.2) is 38.8 Å². The van der Waals surface area contributed by atoms with Crippen molar-refractivity contribution in [3.8, 4) is 5.75 Å². The van der Waals surface area contributed by atoms with E-state index in [0.717, 1.165) is 15.6 Å². The number of nitrogens with one attached hydrogen (secondary N) is 1. The van der Waals surface area contributed by atoms with E-state index in [1.54, 1.807) is 12.1 Å². The molecule has 0 unspecified atom stereocenters. The van der Waals surface area contributed by atoms with E-state index in [9.17, 15) is 13.2 Å². The van der Waals surface area contributed by atoms with Crippen LogP contribution in [0.25, 0.3) is 0 Å². The fourth-order valence-corrected chi connectivity index (χ4v) is 5.84. The third kappa shape index (κ3) is 5.53. The smallest absolute Gasteiger partial charge is 0.246 e. The Balaban J connectivity index is 1.66. The van der Waals surface area contributed by atoms with Crippen LogP contribution in [0, 0.1) is 5.92 Å². The predicted octanol–water partition coefficient (Wildman–Crippen LogP) is 4.86. The van der Waals surface area contributed by atoms with Crippen LogP contribution >= 0.6 is 15.9 Å². The molecule has 0 bridgehead atoms. The molecule has 32 heavy (non-hydrogen) atoms. The van der Waals surface area contributed by atoms with Gasteiger partial charge in [-0.3, -0.25) is 4.79 Å². The van der Waals surface area contributed by atoms with Gasteiger partial charge in [0.1, 0.15) is 10.6 Å². The second-order valence-corrected chi connectivity index (χ2v) is 11.3. The minimum atomic E-state index is -3.71. The zero-order chi connectivity index (χ0) is 23.5.